The fourth-order valence-electron chi connectivity index (χ4n) is 4.67. The molecule has 0 saturated heterocycles. The van der Waals surface area contributed by atoms with E-state index in [1.54, 1.807) is 0 Å². The minimum atomic E-state index is -5.10. The fraction of sp³-hybridized carbons (Fsp3) is 0.214. The number of aliphatic hydroxyl groups excluding tert-OH is 2. The number of nitrogens with one attached hydrogen (secondary N) is 2. The second-order valence-corrected chi connectivity index (χ2v) is 14.9. The first-order valence-corrected chi connectivity index (χ1v) is 18.3. The van der Waals surface area contributed by atoms with E-state index >= 15 is 0 Å². The predicted octanol–water partition coefficient (Wildman–Crippen LogP) is 2.47. The minimum absolute atomic E-state index is 0.0461. The first-order chi connectivity index (χ1) is 23.5. The molecule has 9 N–H and O–H groups in total. The Bertz CT molecular complexity index is 2260. The molecular weight excluding hydrogens is 725 g/mol. The van der Waals surface area contributed by atoms with Crippen LogP contribution in [0.1, 0.15) is 0 Å². The molecule has 4 aromatic carbocycles. The Kier molecular flexibility index (Phi) is 11.4. The van der Waals surface area contributed by atoms with E-state index in [0.29, 0.717) is 5.69 Å². The van der Waals surface area contributed by atoms with Gasteiger partial charge in [-0.25, -0.2) is 8.42 Å². The van der Waals surface area contributed by atoms with E-state index in [1.165, 1.54) is 50.6 Å². The molecule has 0 unspecified atom stereocenters. The van der Waals surface area contributed by atoms with Crippen molar-refractivity contribution in [2.75, 3.05) is 57.1 Å². The molecule has 0 aromatic heterocycles. The zero-order valence-electron chi connectivity index (χ0n) is 26.2. The Labute approximate surface area is 286 Å². The van der Waals surface area contributed by atoms with Gasteiger partial charge in [-0.05, 0) is 47.9 Å². The summed E-state index contributed by atoms with van der Waals surface area (Å²) in [7, 11) is -11.2. The summed E-state index contributed by atoms with van der Waals surface area (Å²) >= 11 is 0. The maximum atomic E-state index is 12.9. The number of ether oxygens (including phenoxy) is 2. The lowest BCUT2D eigenvalue weighted by Gasteiger charge is -2.20. The molecule has 0 fully saturated rings. The van der Waals surface area contributed by atoms with Crippen LogP contribution in [0.15, 0.2) is 79.5 Å². The van der Waals surface area contributed by atoms with Gasteiger partial charge >= 0.3 is 0 Å². The number of nitrogens with zero attached hydrogens (tertiary/aromatic N) is 3. The third-order valence-electron chi connectivity index (χ3n) is 7.02. The average molecular weight is 757 g/mol. The van der Waals surface area contributed by atoms with Crippen LogP contribution in [-0.2, 0) is 30.3 Å². The van der Waals surface area contributed by atoms with Crippen molar-refractivity contribution in [3.8, 4) is 17.2 Å². The summed E-state index contributed by atoms with van der Waals surface area (Å²) in [5.74, 6) is -0.672. The molecule has 19 nitrogen and oxygen atoms in total. The van der Waals surface area contributed by atoms with Crippen molar-refractivity contribution in [3.63, 3.8) is 0 Å². The molecule has 270 valence electrons. The number of hydrogen-bond donors (Lipinski definition) is 8. The SMILES string of the molecule is COc1cc(NNc2ccc(S(=O)(=O)N(CCO)CCO)cc2)c(OC)cc1N=Nc1c(S(=O)(=O)O)cc2cc(S(=O)(=O)O)cc(N)c2c1O. The van der Waals surface area contributed by atoms with Crippen LogP contribution in [0.4, 0.5) is 28.4 Å². The van der Waals surface area contributed by atoms with Crippen molar-refractivity contribution in [3.05, 3.63) is 54.6 Å². The summed E-state index contributed by atoms with van der Waals surface area (Å²) in [6.07, 6.45) is 0. The van der Waals surface area contributed by atoms with Crippen molar-refractivity contribution in [2.45, 2.75) is 14.7 Å². The van der Waals surface area contributed by atoms with Crippen LogP contribution in [0, 0.1) is 0 Å². The molecule has 0 aliphatic rings. The summed E-state index contributed by atoms with van der Waals surface area (Å²) in [4.78, 5) is -1.72. The first-order valence-electron chi connectivity index (χ1n) is 14.0. The molecule has 22 heteroatoms. The Morgan fingerprint density at radius 3 is 1.94 bits per heavy atom. The van der Waals surface area contributed by atoms with Gasteiger partial charge in [0.25, 0.3) is 20.2 Å². The number of aromatic hydroxyl groups is 1. The largest absolute Gasteiger partial charge is 0.505 e. The molecule has 0 spiro atoms. The van der Waals surface area contributed by atoms with Crippen LogP contribution in [0.2, 0.25) is 0 Å². The number of azo groups is 1. The van der Waals surface area contributed by atoms with Crippen LogP contribution < -0.4 is 26.1 Å². The number of benzene rings is 4. The Morgan fingerprint density at radius 1 is 0.780 bits per heavy atom. The molecule has 0 aliphatic heterocycles. The second kappa shape index (κ2) is 15.0. The minimum Gasteiger partial charge on any atom is -0.505 e. The molecule has 0 heterocycles. The van der Waals surface area contributed by atoms with E-state index in [4.69, 9.17) is 15.2 Å². The summed E-state index contributed by atoms with van der Waals surface area (Å²) in [6, 6.07) is 10.8. The monoisotopic (exact) mass is 756 g/mol. The van der Waals surface area contributed by atoms with Gasteiger partial charge in [0.1, 0.15) is 27.8 Å². The van der Waals surface area contributed by atoms with Gasteiger partial charge in [0.2, 0.25) is 10.0 Å². The van der Waals surface area contributed by atoms with Gasteiger partial charge in [0, 0.05) is 36.3 Å². The van der Waals surface area contributed by atoms with Gasteiger partial charge in [-0.1, -0.05) is 0 Å². The first kappa shape index (κ1) is 38.0. The van der Waals surface area contributed by atoms with E-state index in [0.717, 1.165) is 22.5 Å². The number of anilines is 3. The van der Waals surface area contributed by atoms with Crippen LogP contribution in [0.25, 0.3) is 10.8 Å². The standard InChI is InChI=1S/C28H32N6O13S3/c1-46-23-15-22(32-33-27-25(50(43,44)45)12-16-11-19(49(40,41)42)13-20(29)26(16)28(27)37)24(47-2)14-21(23)31-30-17-3-5-18(6-4-17)48(38,39)34(7-9-35)8-10-36/h3-6,11-15,30-31,35-37H,7-10,29H2,1-2H3,(H,40,41,42)(H,43,44,45). The van der Waals surface area contributed by atoms with Gasteiger partial charge < -0.3 is 36.0 Å². The lowest BCUT2D eigenvalue weighted by atomic mass is 10.1. The number of sulfonamides is 1. The molecule has 4 rings (SSSR count). The topological polar surface area (TPSA) is 300 Å². The third kappa shape index (κ3) is 8.14. The molecule has 0 saturated carbocycles. The number of aliphatic hydroxyl groups is 2. The lowest BCUT2D eigenvalue weighted by Crippen LogP contribution is -2.35. The zero-order valence-corrected chi connectivity index (χ0v) is 28.6. The number of methoxy groups -OCH3 is 2. The summed E-state index contributed by atoms with van der Waals surface area (Å²) in [6.45, 7) is -1.24. The number of nitrogens with two attached hydrogens (primary N) is 1. The molecule has 0 radical (unpaired) electrons. The van der Waals surface area contributed by atoms with Crippen molar-refractivity contribution < 1.29 is 59.2 Å². The van der Waals surface area contributed by atoms with Crippen molar-refractivity contribution in [1.29, 1.82) is 0 Å². The highest BCUT2D eigenvalue weighted by atomic mass is 32.2. The highest BCUT2D eigenvalue weighted by Crippen LogP contribution is 2.45. The van der Waals surface area contributed by atoms with E-state index < -0.39 is 64.7 Å². The van der Waals surface area contributed by atoms with E-state index in [-0.39, 0.29) is 57.3 Å². The molecule has 0 bridgehead atoms. The van der Waals surface area contributed by atoms with E-state index in [9.17, 15) is 49.7 Å². The number of nitrogen functional groups attached to an aromatic ring is 1. The number of hydrazine groups is 1. The summed E-state index contributed by atoms with van der Waals surface area (Å²) < 4.78 is 105. The summed E-state index contributed by atoms with van der Waals surface area (Å²) in [5, 5.41) is 36.7. The Balaban J connectivity index is 1.67. The highest BCUT2D eigenvalue weighted by molar-refractivity contribution is 7.89. The molecular formula is C28H32N6O13S3. The maximum absolute atomic E-state index is 12.9. The predicted molar refractivity (Wildman–Crippen MR) is 180 cm³/mol. The third-order valence-corrected chi connectivity index (χ3v) is 10.6. The number of rotatable bonds is 15. The van der Waals surface area contributed by atoms with Crippen molar-refractivity contribution >= 4 is 69.5 Å². The van der Waals surface area contributed by atoms with Crippen LogP contribution in [0.5, 0.6) is 17.2 Å². The van der Waals surface area contributed by atoms with E-state index in [1.807, 2.05) is 0 Å². The van der Waals surface area contributed by atoms with Crippen LogP contribution in [-0.4, -0.2) is 94.5 Å². The number of phenols is 1. The number of phenolic OH excluding ortho intramolecular Hbond substituents is 1. The normalized spacial score (nSPS) is 12.5. The summed E-state index contributed by atoms with van der Waals surface area (Å²) in [5.41, 5.74) is 11.2. The fourth-order valence-corrected chi connectivity index (χ4v) is 7.30. The van der Waals surface area contributed by atoms with Crippen molar-refractivity contribution in [1.82, 2.24) is 4.31 Å². The Hall–Kier alpha value is -4.81. The Morgan fingerprint density at radius 2 is 1.40 bits per heavy atom. The van der Waals surface area contributed by atoms with Crippen LogP contribution >= 0.6 is 0 Å². The quantitative estimate of drug-likeness (QED) is 0.0374. The molecule has 4 aromatic rings. The van der Waals surface area contributed by atoms with Gasteiger partial charge in [-0.3, -0.25) is 14.5 Å². The molecule has 0 amide bonds. The molecule has 0 aliphatic carbocycles. The average Bonchev–Trinajstić information content (AvgIpc) is 3.05. The molecule has 50 heavy (non-hydrogen) atoms. The molecule has 0 atom stereocenters. The van der Waals surface area contributed by atoms with Gasteiger partial charge in [-0.15, -0.1) is 10.2 Å². The van der Waals surface area contributed by atoms with Crippen LogP contribution in [0.3, 0.4) is 0 Å². The smallest absolute Gasteiger partial charge is 0.296 e. The van der Waals surface area contributed by atoms with Crippen molar-refractivity contribution in [2.24, 2.45) is 10.2 Å². The zero-order chi connectivity index (χ0) is 37.0. The second-order valence-electron chi connectivity index (χ2n) is 10.2. The van der Waals surface area contributed by atoms with Gasteiger partial charge in [-0.2, -0.15) is 21.1 Å². The highest BCUT2D eigenvalue weighted by Gasteiger charge is 2.26. The van der Waals surface area contributed by atoms with Gasteiger partial charge in [0.15, 0.2) is 5.75 Å². The van der Waals surface area contributed by atoms with Gasteiger partial charge in [0.05, 0.1) is 48.6 Å². The number of hydrogen-bond acceptors (Lipinski definition) is 16. The lowest BCUT2D eigenvalue weighted by molar-refractivity contribution is 0.217. The van der Waals surface area contributed by atoms with E-state index in [2.05, 4.69) is 21.1 Å². The number of fused-ring (bicyclic) bond motifs is 1. The maximum Gasteiger partial charge on any atom is 0.296 e.